The molecule has 6 nitrogen and oxygen atoms in total. The van der Waals surface area contributed by atoms with Crippen molar-refractivity contribution in [2.75, 3.05) is 30.4 Å². The van der Waals surface area contributed by atoms with E-state index in [2.05, 4.69) is 20.5 Å². The van der Waals surface area contributed by atoms with Gasteiger partial charge in [0, 0.05) is 32.2 Å². The summed E-state index contributed by atoms with van der Waals surface area (Å²) in [5, 5.41) is 6.38. The van der Waals surface area contributed by atoms with Crippen molar-refractivity contribution in [2.45, 2.75) is 12.8 Å². The smallest absolute Gasteiger partial charge is 0.265 e. The number of hydrogen-bond acceptors (Lipinski definition) is 6. The highest BCUT2D eigenvalue weighted by molar-refractivity contribution is 7.29. The van der Waals surface area contributed by atoms with Gasteiger partial charge in [0.15, 0.2) is 5.13 Å². The van der Waals surface area contributed by atoms with Gasteiger partial charge < -0.3 is 15.5 Å². The van der Waals surface area contributed by atoms with E-state index in [0.717, 1.165) is 34.2 Å². The lowest BCUT2D eigenvalue weighted by molar-refractivity contribution is -0.121. The van der Waals surface area contributed by atoms with Gasteiger partial charge in [-0.2, -0.15) is 0 Å². The zero-order valence-corrected chi connectivity index (χ0v) is 16.8. The Morgan fingerprint density at radius 3 is 2.79 bits per heavy atom. The zero-order valence-electron chi connectivity index (χ0n) is 15.2. The minimum absolute atomic E-state index is 0.0729. The first-order chi connectivity index (χ1) is 13.5. The number of benzene rings is 1. The quantitative estimate of drug-likeness (QED) is 0.662. The lowest BCUT2D eigenvalue weighted by atomic mass is 10.1. The van der Waals surface area contributed by atoms with Gasteiger partial charge in [-0.05, 0) is 42.7 Å². The Bertz CT molecular complexity index is 983. The molecule has 0 aliphatic carbocycles. The first-order valence-corrected chi connectivity index (χ1v) is 10.6. The van der Waals surface area contributed by atoms with Crippen molar-refractivity contribution >= 4 is 54.8 Å². The maximum atomic E-state index is 13.0. The molecule has 0 saturated carbocycles. The topological polar surface area (TPSA) is 74.3 Å². The lowest BCUT2D eigenvalue weighted by Crippen LogP contribution is -2.24. The third kappa shape index (κ3) is 4.00. The zero-order chi connectivity index (χ0) is 19.7. The van der Waals surface area contributed by atoms with Gasteiger partial charge in [0.25, 0.3) is 5.91 Å². The summed E-state index contributed by atoms with van der Waals surface area (Å²) in [5.41, 5.74) is 0.552. The molecule has 1 saturated heterocycles. The van der Waals surface area contributed by atoms with Crippen LogP contribution in [0.25, 0.3) is 9.53 Å². The van der Waals surface area contributed by atoms with Crippen LogP contribution in [0.5, 0.6) is 0 Å². The molecule has 3 aromatic rings. The summed E-state index contributed by atoms with van der Waals surface area (Å²) in [6.45, 7) is 1.71. The molecule has 0 radical (unpaired) electrons. The van der Waals surface area contributed by atoms with Crippen molar-refractivity contribution in [1.29, 1.82) is 0 Å². The number of carbonyl (C=O) groups excluding carboxylic acids is 2. The Morgan fingerprint density at radius 2 is 2.07 bits per heavy atom. The number of fused-ring (bicyclic) bond motifs is 1. The minimum Gasteiger partial charge on any atom is -0.359 e. The average molecular weight is 419 g/mol. The number of thiophene rings is 1. The normalized spacial score (nSPS) is 16.5. The molecule has 3 heterocycles. The Balaban J connectivity index is 1.43. The SMILES string of the molecule is CNC(=O)CC1CCN(c2nc3sc(C(=O)Nc4ccc(F)cc4)cc3s2)C1. The van der Waals surface area contributed by atoms with Gasteiger partial charge in [-0.3, -0.25) is 9.59 Å². The van der Waals surface area contributed by atoms with Gasteiger partial charge >= 0.3 is 0 Å². The lowest BCUT2D eigenvalue weighted by Gasteiger charge is -2.14. The van der Waals surface area contributed by atoms with Gasteiger partial charge in [0.1, 0.15) is 10.6 Å². The predicted molar refractivity (Wildman–Crippen MR) is 111 cm³/mol. The minimum atomic E-state index is -0.342. The van der Waals surface area contributed by atoms with E-state index in [0.29, 0.717) is 22.9 Å². The van der Waals surface area contributed by atoms with Crippen LogP contribution in [0.2, 0.25) is 0 Å². The number of aromatic nitrogens is 1. The van der Waals surface area contributed by atoms with E-state index in [-0.39, 0.29) is 17.6 Å². The maximum absolute atomic E-state index is 13.0. The molecule has 0 spiro atoms. The van der Waals surface area contributed by atoms with E-state index in [1.807, 2.05) is 6.07 Å². The van der Waals surface area contributed by atoms with Crippen LogP contribution in [0.15, 0.2) is 30.3 Å². The van der Waals surface area contributed by atoms with Gasteiger partial charge in [-0.15, -0.1) is 11.3 Å². The molecule has 1 fully saturated rings. The number of carbonyl (C=O) groups is 2. The number of anilines is 2. The highest BCUT2D eigenvalue weighted by Crippen LogP contribution is 2.37. The van der Waals surface area contributed by atoms with Crippen LogP contribution < -0.4 is 15.5 Å². The van der Waals surface area contributed by atoms with E-state index < -0.39 is 0 Å². The van der Waals surface area contributed by atoms with Crippen molar-refractivity contribution < 1.29 is 14.0 Å². The summed E-state index contributed by atoms with van der Waals surface area (Å²) in [6.07, 6.45) is 1.52. The summed E-state index contributed by atoms with van der Waals surface area (Å²) < 4.78 is 13.9. The van der Waals surface area contributed by atoms with Crippen LogP contribution in [-0.2, 0) is 4.79 Å². The molecule has 1 atom stereocenters. The van der Waals surface area contributed by atoms with E-state index in [9.17, 15) is 14.0 Å². The summed E-state index contributed by atoms with van der Waals surface area (Å²) in [5.74, 6) is -0.149. The van der Waals surface area contributed by atoms with Crippen molar-refractivity contribution in [2.24, 2.45) is 5.92 Å². The number of rotatable bonds is 5. The van der Waals surface area contributed by atoms with E-state index in [1.165, 1.54) is 35.6 Å². The van der Waals surface area contributed by atoms with Gasteiger partial charge in [-0.1, -0.05) is 11.3 Å². The molecule has 0 bridgehead atoms. The second kappa shape index (κ2) is 7.84. The third-order valence-electron chi connectivity index (χ3n) is 4.71. The number of nitrogens with zero attached hydrogens (tertiary/aromatic N) is 2. The number of amides is 2. The maximum Gasteiger partial charge on any atom is 0.265 e. The van der Waals surface area contributed by atoms with Crippen molar-refractivity contribution in [3.05, 3.63) is 41.0 Å². The number of hydrogen-bond donors (Lipinski definition) is 2. The fourth-order valence-corrected chi connectivity index (χ4v) is 5.38. The van der Waals surface area contributed by atoms with E-state index in [1.54, 1.807) is 18.4 Å². The Morgan fingerprint density at radius 1 is 1.29 bits per heavy atom. The molecule has 146 valence electrons. The first kappa shape index (κ1) is 18.8. The molecule has 4 rings (SSSR count). The molecule has 9 heteroatoms. The molecular formula is C19H19FN4O2S2. The molecule has 1 aliphatic rings. The molecule has 1 unspecified atom stereocenters. The highest BCUT2D eigenvalue weighted by Gasteiger charge is 2.27. The second-order valence-electron chi connectivity index (χ2n) is 6.72. The van der Waals surface area contributed by atoms with Crippen LogP contribution >= 0.6 is 22.7 Å². The number of thiazole rings is 1. The van der Waals surface area contributed by atoms with E-state index in [4.69, 9.17) is 0 Å². The van der Waals surface area contributed by atoms with Gasteiger partial charge in [0.05, 0.1) is 9.58 Å². The summed E-state index contributed by atoms with van der Waals surface area (Å²) in [6, 6.07) is 7.52. The Hall–Kier alpha value is -2.52. The van der Waals surface area contributed by atoms with Crippen molar-refractivity contribution in [3.63, 3.8) is 0 Å². The predicted octanol–water partition coefficient (Wildman–Crippen LogP) is 3.71. The summed E-state index contributed by atoms with van der Waals surface area (Å²) in [4.78, 5) is 32.3. The molecule has 2 aromatic heterocycles. The van der Waals surface area contributed by atoms with Gasteiger partial charge in [0.2, 0.25) is 5.91 Å². The molecule has 2 amide bonds. The number of halogens is 1. The molecule has 2 N–H and O–H groups in total. The fraction of sp³-hybridized carbons (Fsp3) is 0.316. The Kier molecular flexibility index (Phi) is 5.27. The summed E-state index contributed by atoms with van der Waals surface area (Å²) in [7, 11) is 1.66. The Labute approximate surface area is 169 Å². The average Bonchev–Trinajstić information content (AvgIpc) is 3.37. The van der Waals surface area contributed by atoms with Crippen molar-refractivity contribution in [1.82, 2.24) is 10.3 Å². The van der Waals surface area contributed by atoms with Crippen LogP contribution in [0, 0.1) is 11.7 Å². The van der Waals surface area contributed by atoms with Crippen LogP contribution in [0.4, 0.5) is 15.2 Å². The number of nitrogens with one attached hydrogen (secondary N) is 2. The first-order valence-electron chi connectivity index (χ1n) is 8.94. The standard InChI is InChI=1S/C19H19FN4O2S2/c1-21-16(25)8-11-6-7-24(10-11)19-23-18-15(28-19)9-14(27-18)17(26)22-13-4-2-12(20)3-5-13/h2-5,9,11H,6-8,10H2,1H3,(H,21,25)(H,22,26). The van der Waals surface area contributed by atoms with Gasteiger partial charge in [-0.25, -0.2) is 9.37 Å². The largest absolute Gasteiger partial charge is 0.359 e. The molecule has 1 aliphatic heterocycles. The van der Waals surface area contributed by atoms with Crippen molar-refractivity contribution in [3.8, 4) is 0 Å². The molecular weight excluding hydrogens is 399 g/mol. The molecule has 1 aromatic carbocycles. The van der Waals surface area contributed by atoms with Crippen LogP contribution in [-0.4, -0.2) is 36.9 Å². The summed E-state index contributed by atoms with van der Waals surface area (Å²) >= 11 is 2.91. The second-order valence-corrected chi connectivity index (χ2v) is 8.76. The van der Waals surface area contributed by atoms with Crippen LogP contribution in [0.3, 0.4) is 0 Å². The van der Waals surface area contributed by atoms with Crippen LogP contribution in [0.1, 0.15) is 22.5 Å². The fourth-order valence-electron chi connectivity index (χ4n) is 3.23. The monoisotopic (exact) mass is 418 g/mol. The molecule has 28 heavy (non-hydrogen) atoms. The highest BCUT2D eigenvalue weighted by atomic mass is 32.1. The van der Waals surface area contributed by atoms with E-state index >= 15 is 0 Å². The third-order valence-corrected chi connectivity index (χ3v) is 6.93.